The Kier molecular flexibility index (Phi) is 5.56. The minimum atomic E-state index is -0.488. The Hall–Kier alpha value is -1.64. The fraction of sp³-hybridized carbons (Fsp3) is 0.333. The molecule has 0 N–H and O–H groups in total. The molecule has 0 spiro atoms. The van der Waals surface area contributed by atoms with Gasteiger partial charge >= 0.3 is 5.97 Å². The normalized spacial score (nSPS) is 10.2. The molecular weight excluding hydrogens is 259 g/mol. The van der Waals surface area contributed by atoms with Crippen molar-refractivity contribution in [3.8, 4) is 6.07 Å². The monoisotopic (exact) mass is 270 g/mol. The molecule has 4 nitrogen and oxygen atoms in total. The Morgan fingerprint density at radius 2 is 2.33 bits per heavy atom. The second-order valence-corrected chi connectivity index (χ2v) is 3.99. The zero-order chi connectivity index (χ0) is 13.5. The Bertz CT molecular complexity index is 453. The van der Waals surface area contributed by atoms with Crippen molar-refractivity contribution >= 4 is 17.6 Å². The average Bonchev–Trinajstić information content (AvgIpc) is 2.34. The van der Waals surface area contributed by atoms with E-state index in [1.54, 1.807) is 6.07 Å². The molecule has 1 rings (SSSR count). The second kappa shape index (κ2) is 6.94. The second-order valence-electron chi connectivity index (χ2n) is 3.58. The number of esters is 1. The van der Waals surface area contributed by atoms with Gasteiger partial charge in [0.2, 0.25) is 0 Å². The van der Waals surface area contributed by atoms with Gasteiger partial charge in [-0.15, -0.1) is 0 Å². The summed E-state index contributed by atoms with van der Waals surface area (Å²) >= 11 is 5.88. The SMILES string of the molecule is COC(=O)CN(CC#N)Cc1c(F)cccc1Cl. The van der Waals surface area contributed by atoms with Crippen LogP contribution in [-0.2, 0) is 16.1 Å². The highest BCUT2D eigenvalue weighted by molar-refractivity contribution is 6.31. The van der Waals surface area contributed by atoms with Crippen molar-refractivity contribution in [2.75, 3.05) is 20.2 Å². The van der Waals surface area contributed by atoms with Gasteiger partial charge in [0.15, 0.2) is 0 Å². The van der Waals surface area contributed by atoms with Gasteiger partial charge < -0.3 is 4.74 Å². The van der Waals surface area contributed by atoms with Crippen molar-refractivity contribution in [1.82, 2.24) is 4.90 Å². The van der Waals surface area contributed by atoms with E-state index in [-0.39, 0.29) is 30.2 Å². The molecule has 18 heavy (non-hydrogen) atoms. The molecule has 1 aromatic rings. The van der Waals surface area contributed by atoms with Crippen LogP contribution in [0.5, 0.6) is 0 Å². The van der Waals surface area contributed by atoms with E-state index in [4.69, 9.17) is 16.9 Å². The van der Waals surface area contributed by atoms with E-state index >= 15 is 0 Å². The van der Waals surface area contributed by atoms with Crippen LogP contribution in [0.1, 0.15) is 5.56 Å². The first kappa shape index (κ1) is 14.4. The Morgan fingerprint density at radius 1 is 1.61 bits per heavy atom. The van der Waals surface area contributed by atoms with Gasteiger partial charge in [0.25, 0.3) is 0 Å². The molecule has 0 bridgehead atoms. The molecule has 0 atom stereocenters. The fourth-order valence-corrected chi connectivity index (χ4v) is 1.64. The first-order valence-corrected chi connectivity index (χ1v) is 5.55. The van der Waals surface area contributed by atoms with Crippen LogP contribution < -0.4 is 0 Å². The van der Waals surface area contributed by atoms with Crippen molar-refractivity contribution in [3.63, 3.8) is 0 Å². The summed E-state index contributed by atoms with van der Waals surface area (Å²) in [7, 11) is 1.25. The van der Waals surface area contributed by atoms with Gasteiger partial charge in [-0.1, -0.05) is 17.7 Å². The van der Waals surface area contributed by atoms with E-state index in [9.17, 15) is 9.18 Å². The van der Waals surface area contributed by atoms with E-state index in [1.807, 2.05) is 6.07 Å². The van der Waals surface area contributed by atoms with Gasteiger partial charge in [-0.25, -0.2) is 4.39 Å². The van der Waals surface area contributed by atoms with Crippen molar-refractivity contribution in [2.24, 2.45) is 0 Å². The van der Waals surface area contributed by atoms with Gasteiger partial charge in [-0.05, 0) is 12.1 Å². The summed E-state index contributed by atoms with van der Waals surface area (Å²) in [5, 5.41) is 8.93. The maximum Gasteiger partial charge on any atom is 0.319 e. The van der Waals surface area contributed by atoms with Gasteiger partial charge in [-0.3, -0.25) is 9.69 Å². The molecule has 0 aliphatic heterocycles. The molecule has 0 radical (unpaired) electrons. The summed E-state index contributed by atoms with van der Waals surface area (Å²) in [6.45, 7) is -0.0251. The predicted molar refractivity (Wildman–Crippen MR) is 64.3 cm³/mol. The Balaban J connectivity index is 2.83. The summed E-state index contributed by atoms with van der Waals surface area (Å²) in [6, 6.07) is 6.25. The third kappa shape index (κ3) is 3.99. The van der Waals surface area contributed by atoms with E-state index in [2.05, 4.69) is 4.74 Å². The average molecular weight is 271 g/mol. The lowest BCUT2D eigenvalue weighted by Gasteiger charge is -2.18. The molecule has 0 fully saturated rings. The number of halogens is 2. The number of ether oxygens (including phenoxy) is 1. The van der Waals surface area contributed by atoms with Crippen LogP contribution in [0.2, 0.25) is 5.02 Å². The standard InChI is InChI=1S/C12H12ClFN2O2/c1-18-12(17)8-16(6-5-15)7-9-10(13)3-2-4-11(9)14/h2-4H,6-8H2,1H3. The van der Waals surface area contributed by atoms with E-state index in [0.717, 1.165) is 0 Å². The largest absolute Gasteiger partial charge is 0.468 e. The first-order valence-electron chi connectivity index (χ1n) is 5.17. The number of methoxy groups -OCH3 is 1. The molecule has 0 aliphatic carbocycles. The van der Waals surface area contributed by atoms with Crippen LogP contribution in [-0.4, -0.2) is 31.1 Å². The Labute approximate surface area is 110 Å². The van der Waals surface area contributed by atoms with E-state index in [1.165, 1.54) is 24.1 Å². The smallest absolute Gasteiger partial charge is 0.319 e. The zero-order valence-electron chi connectivity index (χ0n) is 9.82. The summed E-state index contributed by atoms with van der Waals surface area (Å²) in [5.74, 6) is -0.951. The van der Waals surface area contributed by atoms with Gasteiger partial charge in [0, 0.05) is 17.1 Å². The molecule has 96 valence electrons. The minimum absolute atomic E-state index is 0.0141. The maximum absolute atomic E-state index is 13.6. The number of rotatable bonds is 5. The van der Waals surface area contributed by atoms with Crippen LogP contribution >= 0.6 is 11.6 Å². The number of benzene rings is 1. The van der Waals surface area contributed by atoms with Crippen molar-refractivity contribution in [3.05, 3.63) is 34.6 Å². The molecular formula is C12H12ClFN2O2. The lowest BCUT2D eigenvalue weighted by molar-refractivity contribution is -0.141. The van der Waals surface area contributed by atoms with Crippen LogP contribution in [0.3, 0.4) is 0 Å². The number of hydrogen-bond acceptors (Lipinski definition) is 4. The van der Waals surface area contributed by atoms with Crippen molar-refractivity contribution in [1.29, 1.82) is 5.26 Å². The lowest BCUT2D eigenvalue weighted by atomic mass is 10.2. The molecule has 0 unspecified atom stereocenters. The lowest BCUT2D eigenvalue weighted by Crippen LogP contribution is -2.31. The molecule has 0 heterocycles. The number of nitrogens with zero attached hydrogens (tertiary/aromatic N) is 2. The quantitative estimate of drug-likeness (QED) is 0.606. The molecule has 0 saturated carbocycles. The fourth-order valence-electron chi connectivity index (χ4n) is 1.42. The summed E-state index contributed by atoms with van der Waals surface area (Å²) in [4.78, 5) is 12.6. The van der Waals surface area contributed by atoms with Gasteiger partial charge in [-0.2, -0.15) is 5.26 Å². The van der Waals surface area contributed by atoms with Gasteiger partial charge in [0.1, 0.15) is 5.82 Å². The number of hydrogen-bond donors (Lipinski definition) is 0. The number of nitriles is 1. The first-order chi connectivity index (χ1) is 8.58. The topological polar surface area (TPSA) is 53.3 Å². The summed E-state index contributed by atoms with van der Waals surface area (Å²) in [6.07, 6.45) is 0. The van der Waals surface area contributed by atoms with Crippen molar-refractivity contribution < 1.29 is 13.9 Å². The predicted octanol–water partition coefficient (Wildman–Crippen LogP) is 1.98. The third-order valence-electron chi connectivity index (χ3n) is 2.32. The van der Waals surface area contributed by atoms with Crippen LogP contribution in [0.4, 0.5) is 4.39 Å². The van der Waals surface area contributed by atoms with Crippen LogP contribution in [0, 0.1) is 17.1 Å². The van der Waals surface area contributed by atoms with Crippen molar-refractivity contribution in [2.45, 2.75) is 6.54 Å². The molecule has 6 heteroatoms. The minimum Gasteiger partial charge on any atom is -0.468 e. The highest BCUT2D eigenvalue weighted by Crippen LogP contribution is 2.20. The van der Waals surface area contributed by atoms with Crippen LogP contribution in [0.15, 0.2) is 18.2 Å². The maximum atomic E-state index is 13.6. The Morgan fingerprint density at radius 3 is 2.89 bits per heavy atom. The third-order valence-corrected chi connectivity index (χ3v) is 2.67. The van der Waals surface area contributed by atoms with E-state index in [0.29, 0.717) is 0 Å². The summed E-state index contributed by atoms with van der Waals surface area (Å²) < 4.78 is 18.1. The zero-order valence-corrected chi connectivity index (χ0v) is 10.6. The highest BCUT2D eigenvalue weighted by Gasteiger charge is 2.15. The number of carbonyl (C=O) groups is 1. The van der Waals surface area contributed by atoms with E-state index < -0.39 is 11.8 Å². The summed E-state index contributed by atoms with van der Waals surface area (Å²) in [5.41, 5.74) is 0.262. The molecule has 0 saturated heterocycles. The highest BCUT2D eigenvalue weighted by atomic mass is 35.5. The van der Waals surface area contributed by atoms with Gasteiger partial charge in [0.05, 0.1) is 26.3 Å². The molecule has 1 aromatic carbocycles. The molecule has 0 aromatic heterocycles. The van der Waals surface area contributed by atoms with Crippen LogP contribution in [0.25, 0.3) is 0 Å². The molecule has 0 aliphatic rings. The molecule has 0 amide bonds. The number of carbonyl (C=O) groups excluding carboxylic acids is 1.